The smallest absolute Gasteiger partial charge is 0.335 e. The van der Waals surface area contributed by atoms with Gasteiger partial charge in [-0.15, -0.1) is 0 Å². The number of aliphatic hydroxyl groups excluding tert-OH is 2. The first kappa shape index (κ1) is 74.9. The van der Waals surface area contributed by atoms with Gasteiger partial charge in [-0.2, -0.15) is 0 Å². The molecule has 0 spiro atoms. The molecule has 464 valence electrons. The van der Waals surface area contributed by atoms with E-state index in [9.17, 15) is 34.5 Å². The number of hydrogen-bond donors (Lipinski definition) is 3. The van der Waals surface area contributed by atoms with Crippen molar-refractivity contribution in [2.24, 2.45) is 0 Å². The normalized spacial score (nSPS) is 18.3. The zero-order valence-corrected chi connectivity index (χ0v) is 51.3. The molecule has 3 N–H and O–H groups in total. The molecule has 0 aliphatic carbocycles. The fourth-order valence-corrected chi connectivity index (χ4v) is 9.55. The number of carboxylic acid groups (broad SMARTS) is 1. The Morgan fingerprint density at radius 2 is 0.778 bits per heavy atom. The third-order valence-corrected chi connectivity index (χ3v) is 14.5. The molecule has 0 amide bonds. The van der Waals surface area contributed by atoms with Crippen molar-refractivity contribution in [1.29, 1.82) is 0 Å². The van der Waals surface area contributed by atoms with Crippen LogP contribution in [0.3, 0.4) is 0 Å². The van der Waals surface area contributed by atoms with Crippen LogP contribution < -0.4 is 0 Å². The van der Waals surface area contributed by atoms with Gasteiger partial charge in [0.2, 0.25) is 0 Å². The first-order valence-electron chi connectivity index (χ1n) is 32.6. The highest BCUT2D eigenvalue weighted by Crippen LogP contribution is 2.27. The van der Waals surface area contributed by atoms with E-state index >= 15 is 0 Å². The fraction of sp³-hybridized carbons (Fsp3) is 0.739. The van der Waals surface area contributed by atoms with Crippen LogP contribution in [-0.4, -0.2) is 89.2 Å². The minimum absolute atomic E-state index is 0.0450. The van der Waals surface area contributed by atoms with Gasteiger partial charge in [0.15, 0.2) is 24.6 Å². The van der Waals surface area contributed by atoms with E-state index in [0.717, 1.165) is 135 Å². The molecule has 1 saturated heterocycles. The molecule has 1 rings (SSSR count). The lowest BCUT2D eigenvalue weighted by Crippen LogP contribution is -2.61. The Morgan fingerprint density at radius 1 is 0.420 bits per heavy atom. The zero-order chi connectivity index (χ0) is 58.9. The Morgan fingerprint density at radius 3 is 1.19 bits per heavy atom. The second-order valence-electron chi connectivity index (χ2n) is 22.0. The summed E-state index contributed by atoms with van der Waals surface area (Å²) in [6.07, 6.45) is 61.1. The number of esters is 3. The van der Waals surface area contributed by atoms with Crippen molar-refractivity contribution in [2.45, 2.75) is 314 Å². The molecule has 12 heteroatoms. The van der Waals surface area contributed by atoms with E-state index in [0.29, 0.717) is 19.3 Å². The second-order valence-corrected chi connectivity index (χ2v) is 22.0. The molecule has 1 fully saturated rings. The topological polar surface area (TPSA) is 175 Å². The largest absolute Gasteiger partial charge is 0.479 e. The van der Waals surface area contributed by atoms with Crippen LogP contribution in [0.4, 0.5) is 0 Å². The molecule has 1 heterocycles. The molecule has 0 bridgehead atoms. The lowest BCUT2D eigenvalue weighted by molar-refractivity contribution is -0.301. The van der Waals surface area contributed by atoms with Crippen LogP contribution in [0.25, 0.3) is 0 Å². The molecular formula is C69H116O12. The monoisotopic (exact) mass is 1140 g/mol. The number of hydrogen-bond acceptors (Lipinski definition) is 11. The maximum atomic E-state index is 13.2. The fourth-order valence-electron chi connectivity index (χ4n) is 9.55. The molecule has 0 aromatic heterocycles. The number of carbonyl (C=O) groups excluding carboxylic acids is 3. The molecule has 0 saturated carbocycles. The quantitative estimate of drug-likeness (QED) is 0.0228. The third kappa shape index (κ3) is 46.0. The van der Waals surface area contributed by atoms with E-state index in [4.69, 9.17) is 23.7 Å². The van der Waals surface area contributed by atoms with Crippen molar-refractivity contribution >= 4 is 23.9 Å². The van der Waals surface area contributed by atoms with Crippen molar-refractivity contribution in [3.8, 4) is 0 Å². The third-order valence-electron chi connectivity index (χ3n) is 14.5. The summed E-state index contributed by atoms with van der Waals surface area (Å²) in [7, 11) is 0. The predicted octanol–water partition coefficient (Wildman–Crippen LogP) is 17.5. The summed E-state index contributed by atoms with van der Waals surface area (Å²) in [4.78, 5) is 51.3. The van der Waals surface area contributed by atoms with Gasteiger partial charge in [-0.05, 0) is 89.9 Å². The number of rotatable bonds is 55. The Kier molecular flexibility index (Phi) is 52.1. The summed E-state index contributed by atoms with van der Waals surface area (Å²) in [5.41, 5.74) is 0. The molecular weight excluding hydrogens is 1020 g/mol. The lowest BCUT2D eigenvalue weighted by Gasteiger charge is -2.40. The van der Waals surface area contributed by atoms with Gasteiger partial charge in [-0.1, -0.05) is 254 Å². The van der Waals surface area contributed by atoms with Crippen molar-refractivity contribution < 1.29 is 58.2 Å². The Hall–Kier alpha value is -4.10. The van der Waals surface area contributed by atoms with Crippen LogP contribution in [-0.2, 0) is 42.9 Å². The Bertz CT molecular complexity index is 1730. The highest BCUT2D eigenvalue weighted by Gasteiger charge is 2.50. The van der Waals surface area contributed by atoms with Crippen molar-refractivity contribution in [1.82, 2.24) is 0 Å². The minimum Gasteiger partial charge on any atom is -0.479 e. The van der Waals surface area contributed by atoms with Crippen LogP contribution in [0.1, 0.15) is 278 Å². The van der Waals surface area contributed by atoms with Crippen LogP contribution in [0, 0.1) is 0 Å². The van der Waals surface area contributed by atoms with E-state index in [1.807, 2.05) is 0 Å². The summed E-state index contributed by atoms with van der Waals surface area (Å²) in [5.74, 6) is -3.15. The Labute approximate surface area is 492 Å². The van der Waals surface area contributed by atoms with Gasteiger partial charge < -0.3 is 39.0 Å². The number of unbranched alkanes of at least 4 members (excludes halogenated alkanes) is 27. The van der Waals surface area contributed by atoms with Crippen molar-refractivity contribution in [3.63, 3.8) is 0 Å². The van der Waals surface area contributed by atoms with Crippen LogP contribution in [0.5, 0.6) is 0 Å². The van der Waals surface area contributed by atoms with E-state index < -0.39 is 67.3 Å². The maximum absolute atomic E-state index is 13.2. The first-order valence-corrected chi connectivity index (χ1v) is 32.6. The van der Waals surface area contributed by atoms with Gasteiger partial charge >= 0.3 is 23.9 Å². The van der Waals surface area contributed by atoms with Gasteiger partial charge in [0.05, 0.1) is 6.61 Å². The zero-order valence-electron chi connectivity index (χ0n) is 51.3. The predicted molar refractivity (Wildman–Crippen MR) is 331 cm³/mol. The first-order chi connectivity index (χ1) is 39.6. The molecule has 12 nitrogen and oxygen atoms in total. The summed E-state index contributed by atoms with van der Waals surface area (Å²) >= 11 is 0. The molecule has 1 aliphatic rings. The van der Waals surface area contributed by atoms with E-state index in [-0.39, 0.29) is 25.9 Å². The van der Waals surface area contributed by atoms with Gasteiger partial charge in [-0.3, -0.25) is 14.4 Å². The van der Waals surface area contributed by atoms with Gasteiger partial charge in [0.1, 0.15) is 18.8 Å². The van der Waals surface area contributed by atoms with Gasteiger partial charge in [0.25, 0.3) is 0 Å². The number of allylic oxidation sites excluding steroid dienone is 14. The highest BCUT2D eigenvalue weighted by molar-refractivity contribution is 5.74. The Balaban J connectivity index is 2.68. The molecule has 6 unspecified atom stereocenters. The van der Waals surface area contributed by atoms with Crippen LogP contribution in [0.2, 0.25) is 0 Å². The maximum Gasteiger partial charge on any atom is 0.335 e. The highest BCUT2D eigenvalue weighted by atomic mass is 16.7. The molecule has 0 aromatic rings. The summed E-state index contributed by atoms with van der Waals surface area (Å²) < 4.78 is 28.5. The lowest BCUT2D eigenvalue weighted by atomic mass is 9.98. The van der Waals surface area contributed by atoms with Gasteiger partial charge in [0, 0.05) is 19.3 Å². The number of aliphatic hydroxyl groups is 2. The second kappa shape index (κ2) is 56.4. The SMILES string of the molecule is CC/C=C\C/C=C\C/C=C\C/C=C\CCCCCCC(=O)OCC(COC1OC(C(=O)O)C(O)C(O)C1OC(=O)CCCCCCCCC/C=C\C/C=C\C/C=C\CC)OC(=O)CCCCCCCCCCCCCCCCCCC. The molecule has 81 heavy (non-hydrogen) atoms. The molecule has 0 radical (unpaired) electrons. The summed E-state index contributed by atoms with van der Waals surface area (Å²) in [5, 5.41) is 31.6. The molecule has 1 aliphatic heterocycles. The van der Waals surface area contributed by atoms with E-state index in [2.05, 4.69) is 106 Å². The average molecular weight is 1140 g/mol. The summed E-state index contributed by atoms with van der Waals surface area (Å²) in [6, 6.07) is 0. The number of aliphatic carboxylic acids is 1. The van der Waals surface area contributed by atoms with Crippen LogP contribution in [0.15, 0.2) is 85.1 Å². The minimum atomic E-state index is -1.91. The summed E-state index contributed by atoms with van der Waals surface area (Å²) in [6.45, 7) is 5.78. The average Bonchev–Trinajstić information content (AvgIpc) is 3.53. The van der Waals surface area contributed by atoms with Crippen molar-refractivity contribution in [3.05, 3.63) is 85.1 Å². The van der Waals surface area contributed by atoms with Crippen LogP contribution >= 0.6 is 0 Å². The molecule has 6 atom stereocenters. The van der Waals surface area contributed by atoms with E-state index in [1.54, 1.807) is 0 Å². The number of carbonyl (C=O) groups is 4. The standard InChI is InChI=1S/C69H116O12/c1-4-7-10-13-16-19-22-25-28-31-34-37-40-43-46-49-52-55-61(70)77-58-60(79-62(71)56-53-50-47-44-41-38-35-32-29-26-23-20-17-14-11-8-5-2)59-78-69-67(65(74)64(73)66(81-69)68(75)76)80-63(72)57-54-51-48-45-42-39-36-33-30-27-24-21-18-15-12-9-6-3/h7,9-10,12,16,18-19,21,25,27-28,30,34,37,60,64-67,69,73-74H,4-6,8,11,13-15,17,20,22-24,26,29,31-33,35-36,38-59H2,1-3H3,(H,75,76)/b10-7-,12-9-,19-16-,21-18-,28-25-,30-27-,37-34-. The number of ether oxygens (including phenoxy) is 5. The van der Waals surface area contributed by atoms with E-state index in [1.165, 1.54) is 83.5 Å². The van der Waals surface area contributed by atoms with Gasteiger partial charge in [-0.25, -0.2) is 4.79 Å². The molecule has 0 aromatic carbocycles. The van der Waals surface area contributed by atoms with Crippen molar-refractivity contribution in [2.75, 3.05) is 13.2 Å². The number of carboxylic acids is 1.